The molecule has 5 rings (SSSR count). The van der Waals surface area contributed by atoms with Crippen LogP contribution in [0.3, 0.4) is 0 Å². The van der Waals surface area contributed by atoms with E-state index in [0.717, 1.165) is 28.0 Å². The Morgan fingerprint density at radius 3 is 2.34 bits per heavy atom. The summed E-state index contributed by atoms with van der Waals surface area (Å²) in [6, 6.07) is 19.5. The molecule has 0 radical (unpaired) electrons. The van der Waals surface area contributed by atoms with Crippen LogP contribution < -0.4 is 14.2 Å². The lowest BCUT2D eigenvalue weighted by atomic mass is 10.0. The standard InChI is InChI=1S/C32H32N4O4S/c1-19(2)24-12-8-21(4)16-27(24)40-15-14-39-26-13-9-22(18-28(26)38-5)17-25-29(33)36-32(34-30(25)37)41-31(35-36)23-10-6-20(3)7-11-23/h6-13,16-19,33H,14-15H2,1-5H3/b25-17-,33-29?. The predicted molar refractivity (Wildman–Crippen MR) is 165 cm³/mol. The van der Waals surface area contributed by atoms with Crippen molar-refractivity contribution in [2.24, 2.45) is 10.1 Å². The van der Waals surface area contributed by atoms with E-state index >= 15 is 0 Å². The molecule has 210 valence electrons. The molecule has 0 aromatic heterocycles. The zero-order chi connectivity index (χ0) is 29.1. The molecule has 1 amide bonds. The van der Waals surface area contributed by atoms with E-state index in [1.807, 2.05) is 50.2 Å². The molecule has 1 N–H and O–H groups in total. The number of carbonyl (C=O) groups is 1. The van der Waals surface area contributed by atoms with Gasteiger partial charge in [0.1, 0.15) is 24.0 Å². The summed E-state index contributed by atoms with van der Waals surface area (Å²) in [6.07, 6.45) is 1.62. The lowest BCUT2D eigenvalue weighted by molar-refractivity contribution is -0.114. The number of nitrogens with one attached hydrogen (secondary N) is 1. The van der Waals surface area contributed by atoms with Crippen LogP contribution in [0.15, 0.2) is 76.3 Å². The van der Waals surface area contributed by atoms with Crippen molar-refractivity contribution in [1.82, 2.24) is 5.01 Å². The van der Waals surface area contributed by atoms with E-state index < -0.39 is 5.91 Å². The molecule has 0 bridgehead atoms. The maximum Gasteiger partial charge on any atom is 0.283 e. The van der Waals surface area contributed by atoms with Crippen molar-refractivity contribution in [3.05, 3.63) is 94.1 Å². The van der Waals surface area contributed by atoms with Crippen LogP contribution in [-0.2, 0) is 4.79 Å². The molecule has 8 nitrogen and oxygen atoms in total. The summed E-state index contributed by atoms with van der Waals surface area (Å²) in [7, 11) is 1.56. The van der Waals surface area contributed by atoms with E-state index in [2.05, 4.69) is 36.1 Å². The number of hydrogen-bond acceptors (Lipinski definition) is 7. The molecular weight excluding hydrogens is 536 g/mol. The van der Waals surface area contributed by atoms with E-state index in [4.69, 9.17) is 19.6 Å². The van der Waals surface area contributed by atoms with Crippen LogP contribution in [0.2, 0.25) is 0 Å². The molecule has 0 aliphatic carbocycles. The highest BCUT2D eigenvalue weighted by atomic mass is 32.2. The molecule has 2 heterocycles. The fraction of sp³-hybridized carbons (Fsp3) is 0.250. The molecule has 0 unspecified atom stereocenters. The predicted octanol–water partition coefficient (Wildman–Crippen LogP) is 6.56. The van der Waals surface area contributed by atoms with E-state index in [0.29, 0.717) is 46.4 Å². The number of carbonyl (C=O) groups excluding carboxylic acids is 1. The maximum atomic E-state index is 12.9. The van der Waals surface area contributed by atoms with Crippen molar-refractivity contribution < 1.29 is 19.0 Å². The number of hydrogen-bond donors (Lipinski definition) is 1. The minimum atomic E-state index is -0.484. The van der Waals surface area contributed by atoms with Gasteiger partial charge in [-0.25, -0.2) is 0 Å². The number of amidine groups is 2. The number of amides is 1. The number of nitrogens with zero attached hydrogens (tertiary/aromatic N) is 3. The van der Waals surface area contributed by atoms with Gasteiger partial charge in [0.2, 0.25) is 5.17 Å². The van der Waals surface area contributed by atoms with Crippen molar-refractivity contribution in [2.45, 2.75) is 33.6 Å². The number of ether oxygens (including phenoxy) is 3. The van der Waals surface area contributed by atoms with E-state index in [-0.39, 0.29) is 11.4 Å². The van der Waals surface area contributed by atoms with E-state index in [1.54, 1.807) is 25.3 Å². The fourth-order valence-corrected chi connectivity index (χ4v) is 5.31. The van der Waals surface area contributed by atoms with Crippen molar-refractivity contribution in [3.63, 3.8) is 0 Å². The van der Waals surface area contributed by atoms with Gasteiger partial charge in [0.05, 0.1) is 12.7 Å². The Kier molecular flexibility index (Phi) is 8.26. The van der Waals surface area contributed by atoms with Crippen molar-refractivity contribution in [2.75, 3.05) is 20.3 Å². The monoisotopic (exact) mass is 568 g/mol. The number of benzene rings is 3. The smallest absolute Gasteiger partial charge is 0.283 e. The molecule has 0 saturated carbocycles. The third kappa shape index (κ3) is 6.20. The molecule has 41 heavy (non-hydrogen) atoms. The van der Waals surface area contributed by atoms with Gasteiger partial charge in [-0.15, -0.1) is 0 Å². The Hall–Kier alpha value is -4.37. The minimum Gasteiger partial charge on any atom is -0.493 e. The summed E-state index contributed by atoms with van der Waals surface area (Å²) >= 11 is 1.28. The van der Waals surface area contributed by atoms with Gasteiger partial charge in [-0.05, 0) is 72.5 Å². The Labute approximate surface area is 244 Å². The second-order valence-corrected chi connectivity index (χ2v) is 11.1. The third-order valence-electron chi connectivity index (χ3n) is 6.64. The number of rotatable bonds is 9. The Morgan fingerprint density at radius 2 is 1.63 bits per heavy atom. The first-order valence-corrected chi connectivity index (χ1v) is 14.2. The van der Waals surface area contributed by atoms with Crippen molar-refractivity contribution in [3.8, 4) is 17.2 Å². The molecule has 3 aromatic rings. The normalized spacial score (nSPS) is 15.7. The minimum absolute atomic E-state index is 0.0250. The number of methoxy groups -OCH3 is 1. The summed E-state index contributed by atoms with van der Waals surface area (Å²) in [4.78, 5) is 17.1. The first kappa shape index (κ1) is 28.2. The van der Waals surface area contributed by atoms with Crippen LogP contribution in [0.25, 0.3) is 6.08 Å². The maximum absolute atomic E-state index is 12.9. The SMILES string of the molecule is COc1cc(/C=C2/C(=N)N3N=C(c4ccc(C)cc4)SC3=NC2=O)ccc1OCCOc1cc(C)ccc1C(C)C. The topological polar surface area (TPSA) is 96.6 Å². The summed E-state index contributed by atoms with van der Waals surface area (Å²) in [5.41, 5.74) is 5.18. The highest BCUT2D eigenvalue weighted by molar-refractivity contribution is 8.27. The van der Waals surface area contributed by atoms with Gasteiger partial charge in [0.25, 0.3) is 5.91 Å². The van der Waals surface area contributed by atoms with Crippen LogP contribution in [-0.4, -0.2) is 47.3 Å². The van der Waals surface area contributed by atoms with E-state index in [1.165, 1.54) is 16.8 Å². The molecule has 0 atom stereocenters. The third-order valence-corrected chi connectivity index (χ3v) is 7.60. The molecule has 9 heteroatoms. The molecular formula is C32H32N4O4S. The average Bonchev–Trinajstić information content (AvgIpc) is 3.38. The summed E-state index contributed by atoms with van der Waals surface area (Å²) < 4.78 is 17.5. The van der Waals surface area contributed by atoms with Gasteiger partial charge in [-0.3, -0.25) is 10.2 Å². The summed E-state index contributed by atoms with van der Waals surface area (Å²) in [5, 5.41) is 15.7. The summed E-state index contributed by atoms with van der Waals surface area (Å²) in [5.74, 6) is 1.78. The number of thioether (sulfide) groups is 1. The quantitative estimate of drug-likeness (QED) is 0.232. The molecule has 0 fully saturated rings. The Morgan fingerprint density at radius 1 is 0.927 bits per heavy atom. The van der Waals surface area contributed by atoms with Crippen LogP contribution in [0.4, 0.5) is 0 Å². The second kappa shape index (κ2) is 12.0. The molecule has 0 spiro atoms. The first-order valence-electron chi connectivity index (χ1n) is 13.3. The fourth-order valence-electron chi connectivity index (χ4n) is 4.41. The van der Waals surface area contributed by atoms with Crippen LogP contribution in [0.1, 0.15) is 47.6 Å². The lowest BCUT2D eigenvalue weighted by Gasteiger charge is -2.20. The highest BCUT2D eigenvalue weighted by Crippen LogP contribution is 2.33. The van der Waals surface area contributed by atoms with Crippen LogP contribution in [0, 0.1) is 19.3 Å². The molecule has 0 saturated heterocycles. The van der Waals surface area contributed by atoms with Gasteiger partial charge >= 0.3 is 0 Å². The van der Waals surface area contributed by atoms with Gasteiger partial charge in [-0.2, -0.15) is 15.1 Å². The average molecular weight is 569 g/mol. The van der Waals surface area contributed by atoms with Gasteiger partial charge in [0, 0.05) is 5.56 Å². The van der Waals surface area contributed by atoms with Crippen LogP contribution in [0.5, 0.6) is 17.2 Å². The number of fused-ring (bicyclic) bond motifs is 1. The summed E-state index contributed by atoms with van der Waals surface area (Å²) in [6.45, 7) is 9.05. The number of aliphatic imine (C=N–C) groups is 1. The Balaban J connectivity index is 1.27. The second-order valence-electron chi connectivity index (χ2n) is 10.1. The number of aryl methyl sites for hydroxylation is 2. The highest BCUT2D eigenvalue weighted by Gasteiger charge is 2.36. The zero-order valence-corrected chi connectivity index (χ0v) is 24.5. The van der Waals surface area contributed by atoms with Gasteiger partial charge in [-0.1, -0.05) is 61.9 Å². The van der Waals surface area contributed by atoms with Crippen LogP contribution >= 0.6 is 11.8 Å². The van der Waals surface area contributed by atoms with E-state index in [9.17, 15) is 4.79 Å². The molecule has 2 aliphatic heterocycles. The largest absolute Gasteiger partial charge is 0.493 e. The first-order chi connectivity index (χ1) is 19.7. The van der Waals surface area contributed by atoms with Crippen molar-refractivity contribution in [1.29, 1.82) is 5.41 Å². The van der Waals surface area contributed by atoms with Gasteiger partial charge < -0.3 is 14.2 Å². The van der Waals surface area contributed by atoms with Gasteiger partial charge in [0.15, 0.2) is 17.3 Å². The molecule has 3 aromatic carbocycles. The Bertz CT molecular complexity index is 1590. The molecule has 2 aliphatic rings. The zero-order valence-electron chi connectivity index (χ0n) is 23.7. The lowest BCUT2D eigenvalue weighted by Crippen LogP contribution is -2.35. The number of hydrazone groups is 1. The van der Waals surface area contributed by atoms with Crippen molar-refractivity contribution >= 4 is 39.8 Å².